The van der Waals surface area contributed by atoms with Gasteiger partial charge in [-0.05, 0) is 13.0 Å². The van der Waals surface area contributed by atoms with Crippen molar-refractivity contribution in [2.45, 2.75) is 13.0 Å². The van der Waals surface area contributed by atoms with Gasteiger partial charge in [-0.3, -0.25) is 14.9 Å². The Morgan fingerprint density at radius 1 is 1.62 bits per heavy atom. The molecular weight excluding hydrogens is 217 g/mol. The number of nitrogens with zero attached hydrogens (tertiary/aromatic N) is 1. The lowest BCUT2D eigenvalue weighted by Crippen LogP contribution is -2.32. The van der Waals surface area contributed by atoms with Gasteiger partial charge in [-0.25, -0.2) is 4.39 Å². The van der Waals surface area contributed by atoms with E-state index in [0.717, 1.165) is 18.2 Å². The minimum absolute atomic E-state index is 0.202. The standard InChI is InChI=1S/C9H10FN3O3/c1-5(11)9(14)12-7-4-6(10)2-3-8(7)13(15)16/h2-5H,11H2,1H3,(H,12,14)/t5-/m0/s1. The van der Waals surface area contributed by atoms with Crippen molar-refractivity contribution >= 4 is 17.3 Å². The summed E-state index contributed by atoms with van der Waals surface area (Å²) in [6, 6.07) is 1.97. The van der Waals surface area contributed by atoms with E-state index in [9.17, 15) is 19.3 Å². The molecule has 1 rings (SSSR count). The lowest BCUT2D eigenvalue weighted by molar-refractivity contribution is -0.384. The summed E-state index contributed by atoms with van der Waals surface area (Å²) in [5.41, 5.74) is 4.69. The SMILES string of the molecule is C[C@H](N)C(=O)Nc1cc(F)ccc1[N+](=O)[O-]. The average Bonchev–Trinajstić information content (AvgIpc) is 2.16. The molecular formula is C9H10FN3O3. The van der Waals surface area contributed by atoms with Crippen LogP contribution in [0.15, 0.2) is 18.2 Å². The van der Waals surface area contributed by atoms with Crippen molar-refractivity contribution in [1.29, 1.82) is 0 Å². The van der Waals surface area contributed by atoms with Gasteiger partial charge in [-0.2, -0.15) is 0 Å². The first-order chi connectivity index (χ1) is 7.41. The highest BCUT2D eigenvalue weighted by Crippen LogP contribution is 2.24. The summed E-state index contributed by atoms with van der Waals surface area (Å²) in [4.78, 5) is 21.1. The zero-order chi connectivity index (χ0) is 12.3. The minimum Gasteiger partial charge on any atom is -0.320 e. The molecule has 7 heteroatoms. The van der Waals surface area contributed by atoms with Crippen LogP contribution >= 0.6 is 0 Å². The van der Waals surface area contributed by atoms with E-state index in [1.54, 1.807) is 0 Å². The average molecular weight is 227 g/mol. The number of halogens is 1. The maximum absolute atomic E-state index is 12.9. The largest absolute Gasteiger partial charge is 0.320 e. The second-order valence-corrected chi connectivity index (χ2v) is 3.20. The Kier molecular flexibility index (Phi) is 3.51. The predicted octanol–water partition coefficient (Wildman–Crippen LogP) is 1.02. The zero-order valence-corrected chi connectivity index (χ0v) is 8.44. The molecule has 0 aromatic heterocycles. The van der Waals surface area contributed by atoms with Crippen molar-refractivity contribution in [3.8, 4) is 0 Å². The highest BCUT2D eigenvalue weighted by Gasteiger charge is 2.17. The number of nitro groups is 1. The lowest BCUT2D eigenvalue weighted by Gasteiger charge is -2.07. The predicted molar refractivity (Wildman–Crippen MR) is 55.3 cm³/mol. The fourth-order valence-electron chi connectivity index (χ4n) is 1.01. The van der Waals surface area contributed by atoms with Crippen LogP contribution in [0, 0.1) is 15.9 Å². The van der Waals surface area contributed by atoms with Gasteiger partial charge >= 0.3 is 0 Å². The quantitative estimate of drug-likeness (QED) is 0.594. The number of hydrogen-bond donors (Lipinski definition) is 2. The number of carbonyl (C=O) groups excluding carboxylic acids is 1. The molecule has 0 heterocycles. The molecule has 0 unspecified atom stereocenters. The molecule has 0 spiro atoms. The lowest BCUT2D eigenvalue weighted by atomic mass is 10.2. The molecule has 86 valence electrons. The Hall–Kier alpha value is -2.02. The van der Waals surface area contributed by atoms with Crippen LogP contribution < -0.4 is 11.1 Å². The number of nitrogens with two attached hydrogens (primary N) is 1. The van der Waals surface area contributed by atoms with Crippen molar-refractivity contribution in [1.82, 2.24) is 0 Å². The first-order valence-corrected chi connectivity index (χ1v) is 4.42. The molecule has 1 aromatic rings. The van der Waals surface area contributed by atoms with Crippen LogP contribution in [0.1, 0.15) is 6.92 Å². The maximum atomic E-state index is 12.9. The highest BCUT2D eigenvalue weighted by atomic mass is 19.1. The number of amides is 1. The molecule has 0 saturated carbocycles. The van der Waals surface area contributed by atoms with Crippen molar-refractivity contribution in [3.05, 3.63) is 34.1 Å². The van der Waals surface area contributed by atoms with Gasteiger partial charge in [0.15, 0.2) is 0 Å². The van der Waals surface area contributed by atoms with Crippen molar-refractivity contribution in [2.24, 2.45) is 5.73 Å². The number of hydrogen-bond acceptors (Lipinski definition) is 4. The summed E-state index contributed by atoms with van der Waals surface area (Å²) in [5, 5.41) is 12.8. The Bertz CT molecular complexity index is 434. The second kappa shape index (κ2) is 4.67. The molecule has 0 saturated heterocycles. The van der Waals surface area contributed by atoms with Crippen LogP contribution in [-0.4, -0.2) is 16.9 Å². The Morgan fingerprint density at radius 2 is 2.25 bits per heavy atom. The summed E-state index contributed by atoms with van der Waals surface area (Å²) in [6.07, 6.45) is 0. The number of rotatable bonds is 3. The molecule has 0 fully saturated rings. The summed E-state index contributed by atoms with van der Waals surface area (Å²) in [7, 11) is 0. The number of nitro benzene ring substituents is 1. The van der Waals surface area contributed by atoms with E-state index >= 15 is 0 Å². The molecule has 0 aliphatic rings. The number of benzene rings is 1. The normalized spacial score (nSPS) is 11.9. The fourth-order valence-corrected chi connectivity index (χ4v) is 1.01. The highest BCUT2D eigenvalue weighted by molar-refractivity contribution is 5.96. The molecule has 1 amide bonds. The Labute approximate surface area is 90.4 Å². The van der Waals surface area contributed by atoms with Crippen molar-refractivity contribution < 1.29 is 14.1 Å². The van der Waals surface area contributed by atoms with Crippen LogP contribution in [0.25, 0.3) is 0 Å². The van der Waals surface area contributed by atoms with Gasteiger partial charge in [0.2, 0.25) is 5.91 Å². The molecule has 1 aromatic carbocycles. The summed E-state index contributed by atoms with van der Waals surface area (Å²) < 4.78 is 12.9. The Balaban J connectivity index is 3.06. The maximum Gasteiger partial charge on any atom is 0.292 e. The van der Waals surface area contributed by atoms with E-state index in [2.05, 4.69) is 5.32 Å². The van der Waals surface area contributed by atoms with Gasteiger partial charge in [0.05, 0.1) is 11.0 Å². The number of anilines is 1. The minimum atomic E-state index is -0.831. The van der Waals surface area contributed by atoms with E-state index in [1.165, 1.54) is 6.92 Å². The van der Waals surface area contributed by atoms with E-state index in [4.69, 9.17) is 5.73 Å². The van der Waals surface area contributed by atoms with Gasteiger partial charge in [0.1, 0.15) is 11.5 Å². The van der Waals surface area contributed by atoms with Gasteiger partial charge in [0.25, 0.3) is 5.69 Å². The van der Waals surface area contributed by atoms with Gasteiger partial charge in [-0.15, -0.1) is 0 Å². The van der Waals surface area contributed by atoms with Crippen molar-refractivity contribution in [3.63, 3.8) is 0 Å². The molecule has 6 nitrogen and oxygen atoms in total. The van der Waals surface area contributed by atoms with E-state index in [1.807, 2.05) is 0 Å². The molecule has 16 heavy (non-hydrogen) atoms. The Morgan fingerprint density at radius 3 is 2.75 bits per heavy atom. The number of carbonyl (C=O) groups is 1. The third-order valence-corrected chi connectivity index (χ3v) is 1.83. The van der Waals surface area contributed by atoms with Crippen LogP contribution in [-0.2, 0) is 4.79 Å². The summed E-state index contributed by atoms with van der Waals surface area (Å²) in [6.45, 7) is 1.42. The first kappa shape index (κ1) is 12.1. The van der Waals surface area contributed by atoms with E-state index in [0.29, 0.717) is 0 Å². The first-order valence-electron chi connectivity index (χ1n) is 4.42. The molecule has 1 atom stereocenters. The van der Waals surface area contributed by atoms with Crippen LogP contribution in [0.4, 0.5) is 15.8 Å². The van der Waals surface area contributed by atoms with Gasteiger partial charge in [0, 0.05) is 12.1 Å². The van der Waals surface area contributed by atoms with E-state index in [-0.39, 0.29) is 11.4 Å². The molecule has 0 aliphatic carbocycles. The number of nitrogens with one attached hydrogen (secondary N) is 1. The monoisotopic (exact) mass is 227 g/mol. The summed E-state index contributed by atoms with van der Waals surface area (Å²) in [5.74, 6) is -1.29. The third kappa shape index (κ3) is 2.74. The molecule has 3 N–H and O–H groups in total. The molecule has 0 bridgehead atoms. The van der Waals surface area contributed by atoms with Crippen LogP contribution in [0.2, 0.25) is 0 Å². The van der Waals surface area contributed by atoms with Gasteiger partial charge in [-0.1, -0.05) is 0 Å². The fraction of sp³-hybridized carbons (Fsp3) is 0.222. The summed E-state index contributed by atoms with van der Waals surface area (Å²) >= 11 is 0. The molecule has 0 aliphatic heterocycles. The van der Waals surface area contributed by atoms with Crippen LogP contribution in [0.5, 0.6) is 0 Å². The smallest absolute Gasteiger partial charge is 0.292 e. The molecule has 0 radical (unpaired) electrons. The van der Waals surface area contributed by atoms with Gasteiger partial charge < -0.3 is 11.1 Å². The van der Waals surface area contributed by atoms with Crippen molar-refractivity contribution in [2.75, 3.05) is 5.32 Å². The third-order valence-electron chi connectivity index (χ3n) is 1.83. The topological polar surface area (TPSA) is 98.3 Å². The van der Waals surface area contributed by atoms with Crippen LogP contribution in [0.3, 0.4) is 0 Å². The second-order valence-electron chi connectivity index (χ2n) is 3.20. The zero-order valence-electron chi connectivity index (χ0n) is 8.44. The van der Waals surface area contributed by atoms with E-state index < -0.39 is 22.7 Å².